The Bertz CT molecular complexity index is 8.00. The molecule has 0 aliphatic rings. The first-order valence-corrected chi connectivity index (χ1v) is 1.74. The van der Waals surface area contributed by atoms with Crippen molar-refractivity contribution in [3.8, 4) is 0 Å². The van der Waals surface area contributed by atoms with Gasteiger partial charge < -0.3 is 0 Å². The van der Waals surface area contributed by atoms with E-state index in [1.54, 1.807) is 0 Å². The van der Waals surface area contributed by atoms with E-state index in [1.165, 1.54) is 0 Å². The molecule has 0 saturated heterocycles. The van der Waals surface area contributed by atoms with Gasteiger partial charge in [0.05, 0.1) is 0 Å². The Labute approximate surface area is 44.9 Å². The molecule has 0 aromatic carbocycles. The molecule has 4 heavy (non-hydrogen) atoms. The zero-order chi connectivity index (χ0) is 4.00. The van der Waals surface area contributed by atoms with Gasteiger partial charge in [0.1, 0.15) is 0 Å². The normalized spacial score (nSPS) is 2.75. The van der Waals surface area contributed by atoms with E-state index in [9.17, 15) is 3.38 Å². The van der Waals surface area contributed by atoms with Crippen LogP contribution in [0.3, 0.4) is 0 Å². The summed E-state index contributed by atoms with van der Waals surface area (Å²) < 4.78 is 17.8. The summed E-state index contributed by atoms with van der Waals surface area (Å²) in [5.41, 5.74) is 0. The summed E-state index contributed by atoms with van der Waals surface area (Å²) in [4.78, 5) is 0. The molecular weight excluding hydrogens is 226 g/mol. The zero-order valence-electron chi connectivity index (χ0n) is 2.19. The minimum atomic E-state index is 0.333. The topological polar surface area (TPSA) is 17.1 Å². The predicted molar refractivity (Wildman–Crippen MR) is 7.55 cm³/mol. The summed E-state index contributed by atoms with van der Waals surface area (Å²) in [5.74, 6) is 0. The van der Waals surface area contributed by atoms with Crippen LogP contribution in [0.1, 0.15) is 0 Å². The van der Waals surface area contributed by atoms with E-state index >= 15 is 0 Å². The van der Waals surface area contributed by atoms with Crippen molar-refractivity contribution in [1.29, 1.82) is 0 Å². The maximum atomic E-state index is 9.50. The third-order valence-electron chi connectivity index (χ3n) is 0. The van der Waals surface area contributed by atoms with Gasteiger partial charge >= 0.3 is 44.8 Å². The third-order valence-corrected chi connectivity index (χ3v) is 0. The molecule has 0 atom stereocenters. The number of hydrogen-bond acceptors (Lipinski definition) is 1. The van der Waals surface area contributed by atoms with E-state index in [2.05, 4.69) is 0 Å². The van der Waals surface area contributed by atoms with Gasteiger partial charge in [-0.2, -0.15) is 0 Å². The molecule has 0 unspecified atom stereocenters. The summed E-state index contributed by atoms with van der Waals surface area (Å²) in [6.07, 6.45) is 0. The van der Waals surface area contributed by atoms with Crippen molar-refractivity contribution < 1.29 is 26.6 Å². The van der Waals surface area contributed by atoms with Gasteiger partial charge in [0.15, 0.2) is 0 Å². The molecule has 0 heterocycles. The van der Waals surface area contributed by atoms with E-state index in [4.69, 9.17) is 3.40 Å². The Morgan fingerprint density at radius 2 is 1.50 bits per heavy atom. The summed E-state index contributed by atoms with van der Waals surface area (Å²) in [5, 5.41) is 0. The van der Waals surface area contributed by atoms with Crippen LogP contribution in [0.25, 0.3) is 0 Å². The van der Waals surface area contributed by atoms with Gasteiger partial charge in [-0.15, -0.1) is 0 Å². The summed E-state index contributed by atoms with van der Waals surface area (Å²) in [6, 6.07) is 0. The second-order valence-corrected chi connectivity index (χ2v) is 0. The summed E-state index contributed by atoms with van der Waals surface area (Å²) in [6.45, 7) is 0. The minimum absolute atomic E-state index is 0.333. The quantitative estimate of drug-likeness (QED) is 0.527. The molecular formula is FLiOW. The van der Waals surface area contributed by atoms with Gasteiger partial charge in [-0.05, 0) is 0 Å². The molecule has 0 amide bonds. The Balaban J connectivity index is 0. The van der Waals surface area contributed by atoms with Crippen molar-refractivity contribution in [3.63, 3.8) is 0 Å². The first-order valence-electron chi connectivity index (χ1n) is 0.545. The Morgan fingerprint density at radius 1 is 1.50 bits per heavy atom. The van der Waals surface area contributed by atoms with Crippen LogP contribution >= 0.6 is 0 Å². The Morgan fingerprint density at radius 3 is 1.50 bits per heavy atom. The van der Waals surface area contributed by atoms with E-state index in [0.717, 1.165) is 0 Å². The fraction of sp³-hybridized carbons (Fsp3) is 0. The molecule has 0 saturated carbocycles. The van der Waals surface area contributed by atoms with E-state index in [1.807, 2.05) is 0 Å². The molecule has 4 heteroatoms. The van der Waals surface area contributed by atoms with Crippen LogP contribution in [0, 0.1) is 0 Å². The second-order valence-electron chi connectivity index (χ2n) is 0. The van der Waals surface area contributed by atoms with Crippen LogP contribution < -0.4 is 0 Å². The SMILES string of the molecule is [Li][F].[O]=[W]. The van der Waals surface area contributed by atoms with Crippen LogP contribution in [0.2, 0.25) is 0 Å². The fourth-order valence-electron chi connectivity index (χ4n) is 0. The van der Waals surface area contributed by atoms with Crippen molar-refractivity contribution >= 4 is 18.2 Å². The molecule has 0 aromatic rings. The standard InChI is InChI=1S/FH.Li.O.W/h1H;;;/q;+1;;/p-1. The van der Waals surface area contributed by atoms with Gasteiger partial charge in [-0.25, -0.2) is 0 Å². The van der Waals surface area contributed by atoms with Crippen LogP contribution in [0.4, 0.5) is 3.38 Å². The molecule has 0 rings (SSSR count). The van der Waals surface area contributed by atoms with Crippen LogP contribution in [0.15, 0.2) is 0 Å². The van der Waals surface area contributed by atoms with Crippen LogP contribution in [-0.4, -0.2) is 18.2 Å². The zero-order valence-corrected chi connectivity index (χ0v) is 5.13. The predicted octanol–water partition coefficient (Wildman–Crippen LogP) is -0.0819. The van der Waals surface area contributed by atoms with Gasteiger partial charge in [0.25, 0.3) is 0 Å². The molecule has 0 aliphatic heterocycles. The van der Waals surface area contributed by atoms with Crippen molar-refractivity contribution in [2.24, 2.45) is 0 Å². The van der Waals surface area contributed by atoms with Gasteiger partial charge in [0.2, 0.25) is 0 Å². The molecule has 0 spiro atoms. The van der Waals surface area contributed by atoms with Crippen LogP contribution in [-0.2, 0) is 23.2 Å². The molecule has 0 bridgehead atoms. The molecule has 0 aromatic heterocycles. The number of hydrogen-bond donors (Lipinski definition) is 0. The monoisotopic (exact) mass is 226 g/mol. The molecule has 0 fully saturated rings. The van der Waals surface area contributed by atoms with Crippen molar-refractivity contribution in [2.75, 3.05) is 0 Å². The average Bonchev–Trinajstić information content (AvgIpc) is 1.50. The molecule has 0 N–H and O–H groups in total. The first-order chi connectivity index (χ1) is 2.00. The average molecular weight is 226 g/mol. The van der Waals surface area contributed by atoms with E-state index in [0.29, 0.717) is 38.0 Å². The summed E-state index contributed by atoms with van der Waals surface area (Å²) >= 11 is 0.833. The van der Waals surface area contributed by atoms with Crippen molar-refractivity contribution in [2.45, 2.75) is 0 Å². The van der Waals surface area contributed by atoms with Gasteiger partial charge in [-0.3, -0.25) is 0 Å². The maximum absolute atomic E-state index is 9.50. The van der Waals surface area contributed by atoms with Crippen molar-refractivity contribution in [3.05, 3.63) is 0 Å². The molecule has 0 aliphatic carbocycles. The van der Waals surface area contributed by atoms with Gasteiger partial charge in [0, 0.05) is 0 Å². The molecule has 20 valence electrons. The second kappa shape index (κ2) is 35.4. The Hall–Kier alpha value is 1.02. The van der Waals surface area contributed by atoms with Crippen LogP contribution in [0.5, 0.6) is 0 Å². The molecule has 1 nitrogen and oxygen atoms in total. The van der Waals surface area contributed by atoms with Crippen molar-refractivity contribution in [1.82, 2.24) is 0 Å². The first kappa shape index (κ1) is 8.89. The van der Waals surface area contributed by atoms with Gasteiger partial charge in [-0.1, -0.05) is 0 Å². The summed E-state index contributed by atoms with van der Waals surface area (Å²) in [7, 11) is 0. The third kappa shape index (κ3) is 11.9. The number of rotatable bonds is 0. The van der Waals surface area contributed by atoms with E-state index in [-0.39, 0.29) is 0 Å². The number of halogens is 1. The van der Waals surface area contributed by atoms with E-state index < -0.39 is 0 Å². The fourth-order valence-corrected chi connectivity index (χ4v) is 0. The Kier molecular flexibility index (Phi) is 78.7. The molecule has 0 radical (unpaired) electrons.